The topological polar surface area (TPSA) is 285 Å². The van der Waals surface area contributed by atoms with Crippen molar-refractivity contribution in [2.75, 3.05) is 39.8 Å². The van der Waals surface area contributed by atoms with Crippen LogP contribution in [0, 0.1) is 11.8 Å². The van der Waals surface area contributed by atoms with Gasteiger partial charge >= 0.3 is 24.4 Å². The fourth-order valence-electron chi connectivity index (χ4n) is 8.90. The van der Waals surface area contributed by atoms with Gasteiger partial charge in [0.15, 0.2) is 11.9 Å². The van der Waals surface area contributed by atoms with Crippen LogP contribution in [0.5, 0.6) is 0 Å². The maximum Gasteiger partial charge on any atom is 0.410 e. The van der Waals surface area contributed by atoms with Crippen molar-refractivity contribution >= 4 is 30.3 Å². The Morgan fingerprint density at radius 3 is 1.87 bits per heavy atom. The summed E-state index contributed by atoms with van der Waals surface area (Å²) >= 11 is 0. The molecule has 4 fully saturated rings. The molecule has 1 unspecified atom stereocenters. The molecule has 8 N–H and O–H groups in total. The van der Waals surface area contributed by atoms with E-state index >= 15 is 0 Å². The normalized spacial score (nSPS) is 31.7. The van der Waals surface area contributed by atoms with Crippen LogP contribution in [0.1, 0.15) is 116 Å². The number of amides is 5. The maximum atomic E-state index is 14.2. The largest absolute Gasteiger partial charge is 0.491 e. The summed E-state index contributed by atoms with van der Waals surface area (Å²) in [4.78, 5) is 69.8. The van der Waals surface area contributed by atoms with Crippen LogP contribution < -0.4 is 21.3 Å². The van der Waals surface area contributed by atoms with Gasteiger partial charge in [0.25, 0.3) is 5.91 Å². The monoisotopic (exact) mass is 985 g/mol. The molecule has 5 aliphatic rings. The average molecular weight is 985 g/mol. The van der Waals surface area contributed by atoms with Gasteiger partial charge in [0, 0.05) is 19.0 Å². The number of ether oxygens (including phenoxy) is 7. The smallest absolute Gasteiger partial charge is 0.410 e. The van der Waals surface area contributed by atoms with Crippen molar-refractivity contribution in [3.63, 3.8) is 0 Å². The van der Waals surface area contributed by atoms with E-state index < -0.39 is 144 Å². The molecule has 0 aromatic rings. The van der Waals surface area contributed by atoms with Gasteiger partial charge in [0.05, 0.1) is 50.5 Å². The summed E-state index contributed by atoms with van der Waals surface area (Å²) in [5, 5.41) is 60.0. The highest BCUT2D eigenvalue weighted by atomic mass is 16.7. The minimum Gasteiger partial charge on any atom is -0.491 e. The Morgan fingerprint density at radius 1 is 0.783 bits per heavy atom. The molecule has 0 aromatic heterocycles. The number of rotatable bonds is 12. The first-order valence-electron chi connectivity index (χ1n) is 23.9. The number of nitrogens with one attached hydrogen (secondary N) is 4. The van der Waals surface area contributed by atoms with E-state index in [1.165, 1.54) is 14.0 Å². The fraction of sp³-hybridized carbons (Fsp3) is 0.851. The lowest BCUT2D eigenvalue weighted by Crippen LogP contribution is -2.74. The van der Waals surface area contributed by atoms with Crippen molar-refractivity contribution in [2.24, 2.45) is 11.8 Å². The fourth-order valence-corrected chi connectivity index (χ4v) is 8.90. The number of carbonyl (C=O) groups is 5. The third kappa shape index (κ3) is 15.4. The molecule has 5 rings (SSSR count). The molecule has 2 saturated carbocycles. The molecule has 0 aromatic carbocycles. The summed E-state index contributed by atoms with van der Waals surface area (Å²) in [5.41, 5.74) is -7.62. The number of likely N-dealkylation sites (tertiary alicyclic amines) is 1. The average Bonchev–Trinajstić information content (AvgIpc) is 3.98. The van der Waals surface area contributed by atoms with Crippen LogP contribution in [0.15, 0.2) is 11.8 Å². The number of hydrogen-bond donors (Lipinski definition) is 8. The molecule has 394 valence electrons. The predicted octanol–water partition coefficient (Wildman–Crippen LogP) is 2.38. The Kier molecular flexibility index (Phi) is 16.9. The first-order chi connectivity index (χ1) is 31.5. The number of aliphatic hydroxyl groups excluding tert-OH is 2. The molecule has 0 bridgehead atoms. The van der Waals surface area contributed by atoms with Crippen molar-refractivity contribution in [3.05, 3.63) is 11.8 Å². The van der Waals surface area contributed by atoms with Crippen molar-refractivity contribution in [3.8, 4) is 0 Å². The zero-order chi connectivity index (χ0) is 51.8. The number of alkyl carbamates (subject to hydrolysis) is 2. The third-order valence-electron chi connectivity index (χ3n) is 12.1. The van der Waals surface area contributed by atoms with Crippen molar-refractivity contribution in [2.45, 2.75) is 204 Å². The maximum absolute atomic E-state index is 14.2. The molecular formula is C47H80N6O16. The van der Waals surface area contributed by atoms with Gasteiger partial charge in [-0.3, -0.25) is 4.79 Å². The lowest BCUT2D eigenvalue weighted by molar-refractivity contribution is -0.306. The van der Waals surface area contributed by atoms with E-state index in [1.54, 1.807) is 83.1 Å². The highest BCUT2D eigenvalue weighted by Gasteiger charge is 2.58. The number of carbonyl (C=O) groups excluding carboxylic acids is 5. The second kappa shape index (κ2) is 20.9. The molecule has 3 heterocycles. The zero-order valence-electron chi connectivity index (χ0n) is 42.9. The van der Waals surface area contributed by atoms with Crippen LogP contribution in [-0.2, 0) is 38.0 Å². The molecular weight excluding hydrogens is 905 g/mol. The molecule has 0 radical (unpaired) electrons. The van der Waals surface area contributed by atoms with Crippen LogP contribution in [-0.4, -0.2) is 189 Å². The van der Waals surface area contributed by atoms with Crippen LogP contribution in [0.3, 0.4) is 0 Å². The molecule has 0 spiro atoms. The van der Waals surface area contributed by atoms with Crippen molar-refractivity contribution in [1.82, 2.24) is 31.1 Å². The Labute approximate surface area is 405 Å². The predicted molar refractivity (Wildman–Crippen MR) is 247 cm³/mol. The molecule has 69 heavy (non-hydrogen) atoms. The van der Waals surface area contributed by atoms with Crippen LogP contribution in [0.25, 0.3) is 0 Å². The number of β-amino-alcohol motifs (C(OH)–C–C–N with tert-alkyl or cyclic N) is 1. The van der Waals surface area contributed by atoms with Gasteiger partial charge in [-0.2, -0.15) is 0 Å². The lowest BCUT2D eigenvalue weighted by Gasteiger charge is -2.52. The Hall–Kier alpha value is -4.19. The Bertz CT molecular complexity index is 1880. The molecule has 3 aliphatic heterocycles. The van der Waals surface area contributed by atoms with Crippen LogP contribution >= 0.6 is 0 Å². The van der Waals surface area contributed by atoms with Crippen molar-refractivity contribution in [1.29, 1.82) is 0 Å². The Morgan fingerprint density at radius 2 is 1.33 bits per heavy atom. The number of aliphatic hydroxyl groups is 4. The Balaban J connectivity index is 1.55. The second-order valence-corrected chi connectivity index (χ2v) is 23.5. The quantitative estimate of drug-likeness (QED) is 0.130. The standard InChI is InChI=1S/C47H80N6O16/c1-42(2,3)66-38(57)50-27-18-17-26(21-48-20-25-15-16-25)64-33(27)30-28(51-39(58)67-43(4,5)6)19-29(49-37(56)47(62)22-53(23-47)41(60)69-45(10,11)12)34(31(30)54)65-36-32(55)35(46(13,61)24-63-36)52(14)40(59)68-44(7,8)9/h17,25,27-36,48,54-55,61-62H,15-16,18-24H2,1-14H3,(H,49,56)(H,50,57)(H,51,58)/t27-,28+,29-,30-,31+,32-,33?,34+,35-,36-,46+/m1/s1. The molecule has 22 heteroatoms. The minimum absolute atomic E-state index is 0.206. The SMILES string of the molecule is CN(C(=O)OC(C)(C)C)[C@@H]1[C@@H](O)[C@@H](O[C@@H]2[C@@H](O)[C@H](C3OC(CNCC4CC4)=CC[C@H]3NC(=O)OC(C)(C)C)[C@@H](NC(=O)OC(C)(C)C)C[C@H]2NC(=O)C2(O)CN(C(=O)OC(C)(C)C)C2)OC[C@]1(C)O. The summed E-state index contributed by atoms with van der Waals surface area (Å²) in [6.07, 6.45) is -7.19. The summed E-state index contributed by atoms with van der Waals surface area (Å²) in [6.45, 7) is 21.2. The van der Waals surface area contributed by atoms with E-state index in [2.05, 4.69) is 21.3 Å². The third-order valence-corrected chi connectivity index (χ3v) is 12.1. The van der Waals surface area contributed by atoms with E-state index in [1.807, 2.05) is 6.08 Å². The van der Waals surface area contributed by atoms with Gasteiger partial charge < -0.3 is 84.7 Å². The minimum atomic E-state index is -2.12. The number of hydrogen-bond acceptors (Lipinski definition) is 17. The van der Waals surface area contributed by atoms with Gasteiger partial charge in [0.2, 0.25) is 0 Å². The van der Waals surface area contributed by atoms with E-state index in [4.69, 9.17) is 33.2 Å². The highest BCUT2D eigenvalue weighted by molar-refractivity contribution is 5.89. The van der Waals surface area contributed by atoms with Gasteiger partial charge in [-0.05, 0) is 134 Å². The van der Waals surface area contributed by atoms with Crippen molar-refractivity contribution < 1.29 is 77.6 Å². The number of nitrogens with zero attached hydrogens (tertiary/aromatic N) is 2. The van der Waals surface area contributed by atoms with Gasteiger partial charge in [0.1, 0.15) is 52.1 Å². The van der Waals surface area contributed by atoms with E-state index in [0.717, 1.165) is 29.2 Å². The van der Waals surface area contributed by atoms with E-state index in [9.17, 15) is 44.4 Å². The van der Waals surface area contributed by atoms with Gasteiger partial charge in [-0.15, -0.1) is 0 Å². The van der Waals surface area contributed by atoms with Crippen LogP contribution in [0.4, 0.5) is 19.2 Å². The molecule has 2 aliphatic carbocycles. The molecule has 5 amide bonds. The summed E-state index contributed by atoms with van der Waals surface area (Å²) in [7, 11) is 1.34. The summed E-state index contributed by atoms with van der Waals surface area (Å²) in [5.74, 6) is -1.10. The molecule has 2 saturated heterocycles. The summed E-state index contributed by atoms with van der Waals surface area (Å²) in [6, 6.07) is -4.70. The van der Waals surface area contributed by atoms with Gasteiger partial charge in [-0.1, -0.05) is 0 Å². The van der Waals surface area contributed by atoms with E-state index in [-0.39, 0.29) is 12.8 Å². The second-order valence-electron chi connectivity index (χ2n) is 23.5. The first kappa shape index (κ1) is 55.7. The summed E-state index contributed by atoms with van der Waals surface area (Å²) < 4.78 is 41.5. The first-order valence-corrected chi connectivity index (χ1v) is 23.9. The molecule has 22 nitrogen and oxygen atoms in total. The number of likely N-dealkylation sites (N-methyl/N-ethyl adjacent to an activating group) is 1. The van der Waals surface area contributed by atoms with Gasteiger partial charge in [-0.25, -0.2) is 19.2 Å². The van der Waals surface area contributed by atoms with Crippen LogP contribution in [0.2, 0.25) is 0 Å². The van der Waals surface area contributed by atoms with E-state index in [0.29, 0.717) is 18.2 Å². The molecule has 11 atom stereocenters. The zero-order valence-corrected chi connectivity index (χ0v) is 42.9. The highest BCUT2D eigenvalue weighted by Crippen LogP contribution is 2.39. The lowest BCUT2D eigenvalue weighted by atomic mass is 9.72.